The normalized spacial score (nSPS) is 16.9. The number of nitrogens with zero attached hydrogens (tertiary/aromatic N) is 5. The highest BCUT2D eigenvalue weighted by Gasteiger charge is 2.28. The molecule has 0 amide bonds. The van der Waals surface area contributed by atoms with Crippen LogP contribution in [0.25, 0.3) is 5.69 Å². The number of carboxylic acids is 1. The van der Waals surface area contributed by atoms with Crippen molar-refractivity contribution in [2.24, 2.45) is 0 Å². The molecule has 27 heavy (non-hydrogen) atoms. The zero-order valence-electron chi connectivity index (χ0n) is 14.4. The van der Waals surface area contributed by atoms with Crippen LogP contribution in [-0.4, -0.2) is 57.0 Å². The number of piperazine rings is 1. The molecule has 4 rings (SSSR count). The smallest absolute Gasteiger partial charge is 0.322 e. The second-order valence-corrected chi connectivity index (χ2v) is 6.09. The topological polar surface area (TPSA) is 105 Å². The molecular formula is C18H18N6O3. The minimum absolute atomic E-state index is 0.297. The molecule has 9 nitrogen and oxygen atoms in total. The highest BCUT2D eigenvalue weighted by atomic mass is 16.5. The molecule has 0 saturated carbocycles. The quantitative estimate of drug-likeness (QED) is 0.696. The predicted molar refractivity (Wildman–Crippen MR) is 97.3 cm³/mol. The summed E-state index contributed by atoms with van der Waals surface area (Å²) in [7, 11) is 0. The standard InChI is InChI=1S/C18H18N6O3/c25-17(26)16-12-23(11-10-19-16)18-20-21-22-24(18)13-6-8-15(9-7-13)27-14-4-2-1-3-5-14/h1-9,16,19H,10-12H2,(H,25,26). The number of carbonyl (C=O) groups is 1. The molecule has 2 aromatic carbocycles. The van der Waals surface area contributed by atoms with E-state index in [1.165, 1.54) is 0 Å². The molecule has 138 valence electrons. The van der Waals surface area contributed by atoms with Crippen LogP contribution in [0.15, 0.2) is 54.6 Å². The highest BCUT2D eigenvalue weighted by molar-refractivity contribution is 5.74. The molecule has 1 aliphatic heterocycles. The van der Waals surface area contributed by atoms with Gasteiger partial charge in [0.15, 0.2) is 0 Å². The Labute approximate surface area is 155 Å². The summed E-state index contributed by atoms with van der Waals surface area (Å²) in [6.07, 6.45) is 0. The van der Waals surface area contributed by atoms with Gasteiger partial charge >= 0.3 is 5.97 Å². The van der Waals surface area contributed by atoms with Gasteiger partial charge in [-0.15, -0.1) is 0 Å². The summed E-state index contributed by atoms with van der Waals surface area (Å²) in [5.74, 6) is 1.09. The number of anilines is 1. The Hall–Kier alpha value is -3.46. The van der Waals surface area contributed by atoms with Gasteiger partial charge in [0.1, 0.15) is 17.5 Å². The van der Waals surface area contributed by atoms with Crippen LogP contribution in [0.5, 0.6) is 11.5 Å². The lowest BCUT2D eigenvalue weighted by Crippen LogP contribution is -2.54. The fraction of sp³-hybridized carbons (Fsp3) is 0.222. The van der Waals surface area contributed by atoms with Gasteiger partial charge in [-0.2, -0.15) is 4.68 Å². The minimum Gasteiger partial charge on any atom is -0.480 e. The van der Waals surface area contributed by atoms with Gasteiger partial charge in [-0.05, 0) is 46.8 Å². The van der Waals surface area contributed by atoms with Crippen LogP contribution in [0, 0.1) is 0 Å². The van der Waals surface area contributed by atoms with Gasteiger partial charge in [-0.25, -0.2) is 0 Å². The van der Waals surface area contributed by atoms with Crippen LogP contribution in [0.1, 0.15) is 0 Å². The maximum atomic E-state index is 11.3. The summed E-state index contributed by atoms with van der Waals surface area (Å²) >= 11 is 0. The number of ether oxygens (including phenoxy) is 1. The zero-order valence-corrected chi connectivity index (χ0v) is 14.4. The molecule has 3 aromatic rings. The van der Waals surface area contributed by atoms with Gasteiger partial charge in [0.2, 0.25) is 5.95 Å². The Bertz CT molecular complexity index is 912. The first-order valence-corrected chi connectivity index (χ1v) is 8.53. The first-order valence-electron chi connectivity index (χ1n) is 8.53. The van der Waals surface area contributed by atoms with Crippen LogP contribution in [0.4, 0.5) is 5.95 Å². The van der Waals surface area contributed by atoms with Gasteiger partial charge in [-0.3, -0.25) is 4.79 Å². The van der Waals surface area contributed by atoms with Crippen LogP contribution >= 0.6 is 0 Å². The van der Waals surface area contributed by atoms with Gasteiger partial charge in [0.05, 0.1) is 5.69 Å². The Balaban J connectivity index is 1.53. The second-order valence-electron chi connectivity index (χ2n) is 6.09. The number of carboxylic acid groups (broad SMARTS) is 1. The number of hydrogen-bond acceptors (Lipinski definition) is 7. The Morgan fingerprint density at radius 2 is 1.85 bits per heavy atom. The van der Waals surface area contributed by atoms with E-state index >= 15 is 0 Å². The third kappa shape index (κ3) is 3.72. The number of rotatable bonds is 5. The monoisotopic (exact) mass is 366 g/mol. The maximum absolute atomic E-state index is 11.3. The van der Waals surface area contributed by atoms with Crippen molar-refractivity contribution in [2.45, 2.75) is 6.04 Å². The van der Waals surface area contributed by atoms with Crippen molar-refractivity contribution in [3.63, 3.8) is 0 Å². The van der Waals surface area contributed by atoms with Crippen molar-refractivity contribution < 1.29 is 14.6 Å². The first kappa shape index (κ1) is 17.0. The molecule has 1 unspecified atom stereocenters. The molecule has 0 spiro atoms. The van der Waals surface area contributed by atoms with Crippen LogP contribution in [0.2, 0.25) is 0 Å². The van der Waals surface area contributed by atoms with E-state index in [1.807, 2.05) is 59.5 Å². The van der Waals surface area contributed by atoms with E-state index in [-0.39, 0.29) is 0 Å². The molecular weight excluding hydrogens is 348 g/mol. The molecule has 1 fully saturated rings. The van der Waals surface area contributed by atoms with Crippen molar-refractivity contribution in [3.8, 4) is 17.2 Å². The van der Waals surface area contributed by atoms with Crippen molar-refractivity contribution in [1.82, 2.24) is 25.5 Å². The van der Waals surface area contributed by atoms with Crippen LogP contribution < -0.4 is 15.0 Å². The number of benzene rings is 2. The molecule has 0 radical (unpaired) electrons. The highest BCUT2D eigenvalue weighted by Crippen LogP contribution is 2.23. The third-order valence-corrected chi connectivity index (χ3v) is 4.27. The minimum atomic E-state index is -0.888. The number of aliphatic carboxylic acids is 1. The molecule has 0 bridgehead atoms. The average molecular weight is 366 g/mol. The lowest BCUT2D eigenvalue weighted by molar-refractivity contribution is -0.139. The van der Waals surface area contributed by atoms with E-state index in [0.717, 1.165) is 11.4 Å². The summed E-state index contributed by atoms with van der Waals surface area (Å²) in [5, 5.41) is 24.1. The van der Waals surface area contributed by atoms with Crippen molar-refractivity contribution in [2.75, 3.05) is 24.5 Å². The SMILES string of the molecule is O=C(O)C1CN(c2nnnn2-c2ccc(Oc3ccccc3)cc2)CCN1. The van der Waals surface area contributed by atoms with Crippen molar-refractivity contribution in [3.05, 3.63) is 54.6 Å². The molecule has 2 N–H and O–H groups in total. The summed E-state index contributed by atoms with van der Waals surface area (Å²) in [6, 6.07) is 16.3. The Kier molecular flexibility index (Phi) is 4.67. The van der Waals surface area contributed by atoms with E-state index in [2.05, 4.69) is 20.8 Å². The van der Waals surface area contributed by atoms with E-state index < -0.39 is 12.0 Å². The van der Waals surface area contributed by atoms with E-state index in [9.17, 15) is 9.90 Å². The summed E-state index contributed by atoms with van der Waals surface area (Å²) in [5.41, 5.74) is 0.765. The maximum Gasteiger partial charge on any atom is 0.322 e. The lowest BCUT2D eigenvalue weighted by Gasteiger charge is -2.31. The number of tetrazole rings is 1. The number of para-hydroxylation sites is 1. The second kappa shape index (κ2) is 7.42. The van der Waals surface area contributed by atoms with Crippen LogP contribution in [0.3, 0.4) is 0 Å². The molecule has 2 heterocycles. The Morgan fingerprint density at radius 3 is 2.59 bits per heavy atom. The van der Waals surface area contributed by atoms with E-state index in [4.69, 9.17) is 4.74 Å². The fourth-order valence-corrected chi connectivity index (χ4v) is 2.92. The van der Waals surface area contributed by atoms with Gasteiger partial charge in [0, 0.05) is 19.6 Å². The number of hydrogen-bond donors (Lipinski definition) is 2. The third-order valence-electron chi connectivity index (χ3n) is 4.27. The predicted octanol–water partition coefficient (Wildman–Crippen LogP) is 1.32. The fourth-order valence-electron chi connectivity index (χ4n) is 2.92. The molecule has 1 aliphatic rings. The van der Waals surface area contributed by atoms with Crippen molar-refractivity contribution >= 4 is 11.9 Å². The molecule has 1 atom stereocenters. The van der Waals surface area contributed by atoms with Gasteiger partial charge in [0.25, 0.3) is 0 Å². The number of aromatic nitrogens is 4. The average Bonchev–Trinajstić information content (AvgIpc) is 3.19. The summed E-state index contributed by atoms with van der Waals surface area (Å²) in [6.45, 7) is 1.47. The van der Waals surface area contributed by atoms with Crippen LogP contribution in [-0.2, 0) is 4.79 Å². The lowest BCUT2D eigenvalue weighted by atomic mass is 10.2. The van der Waals surface area contributed by atoms with Crippen molar-refractivity contribution in [1.29, 1.82) is 0 Å². The largest absolute Gasteiger partial charge is 0.480 e. The number of nitrogens with one attached hydrogen (secondary N) is 1. The molecule has 0 aliphatic carbocycles. The molecule has 1 saturated heterocycles. The van der Waals surface area contributed by atoms with E-state index in [1.54, 1.807) is 4.68 Å². The van der Waals surface area contributed by atoms with E-state index in [0.29, 0.717) is 31.3 Å². The van der Waals surface area contributed by atoms with Gasteiger partial charge in [-0.1, -0.05) is 23.3 Å². The zero-order chi connectivity index (χ0) is 18.6. The van der Waals surface area contributed by atoms with Gasteiger partial charge < -0.3 is 20.1 Å². The Morgan fingerprint density at radius 1 is 1.11 bits per heavy atom. The molecule has 1 aromatic heterocycles. The molecule has 9 heteroatoms. The summed E-state index contributed by atoms with van der Waals surface area (Å²) < 4.78 is 7.39. The first-order chi connectivity index (χ1) is 13.2. The summed E-state index contributed by atoms with van der Waals surface area (Å²) in [4.78, 5) is 13.1.